The van der Waals surface area contributed by atoms with Crippen LogP contribution in [0.5, 0.6) is 0 Å². The molecule has 5 N–H and O–H groups in total. The van der Waals surface area contributed by atoms with Crippen molar-refractivity contribution in [3.8, 4) is 0 Å². The first kappa shape index (κ1) is 8.17. The highest BCUT2D eigenvalue weighted by atomic mass is 17.1. The van der Waals surface area contributed by atoms with Crippen LogP contribution < -0.4 is 16.7 Å². The maximum atomic E-state index is 10.3. The van der Waals surface area contributed by atoms with Crippen LogP contribution in [0.2, 0.25) is 0 Å². The molecule has 1 aliphatic heterocycles. The van der Waals surface area contributed by atoms with Crippen LogP contribution in [-0.2, 0) is 9.78 Å². The Balaban J connectivity index is 2.37. The van der Waals surface area contributed by atoms with Gasteiger partial charge in [0.1, 0.15) is 6.73 Å². The van der Waals surface area contributed by atoms with Gasteiger partial charge in [-0.05, 0) is 0 Å². The molecule has 1 aliphatic rings. The lowest BCUT2D eigenvalue weighted by Crippen LogP contribution is -2.47. The average molecular weight is 164 g/mol. The minimum atomic E-state index is -0.905. The zero-order valence-corrected chi connectivity index (χ0v) is 5.48. The molecule has 1 unspecified atom stereocenters. The lowest BCUT2D eigenvalue weighted by Gasteiger charge is -2.14. The molecule has 1 heterocycles. The van der Waals surface area contributed by atoms with E-state index in [1.165, 1.54) is 0 Å². The molecule has 0 aromatic heterocycles. The second-order valence-electron chi connectivity index (χ2n) is 1.71. The van der Waals surface area contributed by atoms with Gasteiger partial charge >= 0.3 is 6.03 Å². The van der Waals surface area contributed by atoms with Crippen molar-refractivity contribution < 1.29 is 19.7 Å². The van der Waals surface area contributed by atoms with Gasteiger partial charge in [0, 0.05) is 0 Å². The largest absolute Gasteiger partial charge is 0.379 e. The minimum Gasteiger partial charge on any atom is -0.379 e. The number of primary amides is 1. The standard InChI is InChI=1S/C3H8N4O4/c4-2(9)5-3-7(1-8)11-6-10-3/h3,6,8H,1H2,(H3,4,5,9). The van der Waals surface area contributed by atoms with Gasteiger partial charge < -0.3 is 10.8 Å². The summed E-state index contributed by atoms with van der Waals surface area (Å²) in [5, 5.41) is 11.6. The van der Waals surface area contributed by atoms with Crippen molar-refractivity contribution in [2.75, 3.05) is 6.73 Å². The first-order valence-electron chi connectivity index (χ1n) is 2.75. The summed E-state index contributed by atoms with van der Waals surface area (Å²) in [6, 6.07) is -0.777. The molecule has 1 saturated heterocycles. The van der Waals surface area contributed by atoms with Gasteiger partial charge in [-0.2, -0.15) is 4.94 Å². The van der Waals surface area contributed by atoms with E-state index in [1.54, 1.807) is 0 Å². The number of hydrogen-bond donors (Lipinski definition) is 4. The Morgan fingerprint density at radius 1 is 1.91 bits per heavy atom. The molecule has 0 spiro atoms. The third kappa shape index (κ3) is 2.00. The zero-order valence-electron chi connectivity index (χ0n) is 5.48. The number of hydroxylamine groups is 2. The molecule has 0 aliphatic carbocycles. The number of aliphatic hydroxyl groups excluding tert-OH is 1. The summed E-state index contributed by atoms with van der Waals surface area (Å²) in [6.07, 6.45) is -0.905. The van der Waals surface area contributed by atoms with Crippen LogP contribution in [-0.4, -0.2) is 29.3 Å². The molecule has 1 fully saturated rings. The van der Waals surface area contributed by atoms with Crippen LogP contribution in [0.4, 0.5) is 4.79 Å². The lowest BCUT2D eigenvalue weighted by atomic mass is 10.8. The minimum absolute atomic E-state index is 0.433. The van der Waals surface area contributed by atoms with Crippen molar-refractivity contribution in [2.45, 2.75) is 6.35 Å². The fraction of sp³-hybridized carbons (Fsp3) is 0.667. The maximum absolute atomic E-state index is 10.3. The van der Waals surface area contributed by atoms with Crippen LogP contribution in [0.15, 0.2) is 0 Å². The van der Waals surface area contributed by atoms with Crippen molar-refractivity contribution in [1.29, 1.82) is 0 Å². The van der Waals surface area contributed by atoms with E-state index in [0.29, 0.717) is 0 Å². The Morgan fingerprint density at radius 2 is 2.64 bits per heavy atom. The molecule has 11 heavy (non-hydrogen) atoms. The SMILES string of the molecule is NC(=O)NC1ONON1CO. The van der Waals surface area contributed by atoms with Gasteiger partial charge in [0.2, 0.25) is 6.35 Å². The van der Waals surface area contributed by atoms with Crippen molar-refractivity contribution >= 4 is 6.03 Å². The van der Waals surface area contributed by atoms with E-state index in [9.17, 15) is 4.79 Å². The van der Waals surface area contributed by atoms with Gasteiger partial charge in [0.05, 0.1) is 0 Å². The monoisotopic (exact) mass is 164 g/mol. The van der Waals surface area contributed by atoms with Crippen LogP contribution in [0, 0.1) is 0 Å². The second kappa shape index (κ2) is 3.46. The molecule has 0 saturated carbocycles. The van der Waals surface area contributed by atoms with Crippen LogP contribution in [0.3, 0.4) is 0 Å². The summed E-state index contributed by atoms with van der Waals surface area (Å²) in [5.41, 5.74) is 6.74. The Hall–Kier alpha value is -0.930. The lowest BCUT2D eigenvalue weighted by molar-refractivity contribution is -0.215. The molecule has 0 aromatic rings. The predicted molar refractivity (Wildman–Crippen MR) is 30.7 cm³/mol. The quantitative estimate of drug-likeness (QED) is 0.361. The summed E-state index contributed by atoms with van der Waals surface area (Å²) in [5.74, 6) is 0. The van der Waals surface area contributed by atoms with Crippen molar-refractivity contribution in [3.05, 3.63) is 0 Å². The van der Waals surface area contributed by atoms with Crippen molar-refractivity contribution in [2.24, 2.45) is 5.73 Å². The summed E-state index contributed by atoms with van der Waals surface area (Å²) >= 11 is 0. The van der Waals surface area contributed by atoms with Crippen molar-refractivity contribution in [3.63, 3.8) is 0 Å². The highest BCUT2D eigenvalue weighted by molar-refractivity contribution is 5.71. The van der Waals surface area contributed by atoms with E-state index in [-0.39, 0.29) is 0 Å². The third-order valence-corrected chi connectivity index (χ3v) is 0.981. The van der Waals surface area contributed by atoms with E-state index < -0.39 is 19.1 Å². The van der Waals surface area contributed by atoms with Crippen molar-refractivity contribution in [1.82, 2.24) is 16.0 Å². The Bertz CT molecular complexity index is 152. The fourth-order valence-corrected chi connectivity index (χ4v) is 0.548. The Morgan fingerprint density at radius 3 is 3.18 bits per heavy atom. The van der Waals surface area contributed by atoms with Gasteiger partial charge in [-0.15, -0.1) is 0 Å². The molecular formula is C3H8N4O4. The number of nitrogens with one attached hydrogen (secondary N) is 2. The fourth-order valence-electron chi connectivity index (χ4n) is 0.548. The number of rotatable bonds is 2. The van der Waals surface area contributed by atoms with E-state index in [4.69, 9.17) is 10.8 Å². The van der Waals surface area contributed by atoms with Crippen LogP contribution in [0.25, 0.3) is 0 Å². The van der Waals surface area contributed by atoms with Crippen LogP contribution in [0.1, 0.15) is 0 Å². The number of nitrogens with two attached hydrogens (primary N) is 1. The van der Waals surface area contributed by atoms with Gasteiger partial charge in [-0.25, -0.2) is 9.63 Å². The first-order chi connectivity index (χ1) is 5.24. The molecule has 1 atom stereocenters. The number of nitrogens with zero attached hydrogens (tertiary/aromatic N) is 1. The molecule has 2 amide bonds. The smallest absolute Gasteiger partial charge is 0.315 e. The first-order valence-corrected chi connectivity index (χ1v) is 2.75. The molecule has 1 rings (SSSR count). The van der Waals surface area contributed by atoms with E-state index >= 15 is 0 Å². The van der Waals surface area contributed by atoms with Crippen LogP contribution >= 0.6 is 0 Å². The van der Waals surface area contributed by atoms with E-state index in [1.807, 2.05) is 5.64 Å². The Labute approximate surface area is 61.7 Å². The van der Waals surface area contributed by atoms with E-state index in [2.05, 4.69) is 15.1 Å². The number of urea groups is 1. The molecule has 0 radical (unpaired) electrons. The zero-order chi connectivity index (χ0) is 8.27. The maximum Gasteiger partial charge on any atom is 0.315 e. The third-order valence-electron chi connectivity index (χ3n) is 0.981. The summed E-state index contributed by atoms with van der Waals surface area (Å²) < 4.78 is 0. The molecule has 8 nitrogen and oxygen atoms in total. The second-order valence-corrected chi connectivity index (χ2v) is 1.71. The molecule has 0 bridgehead atoms. The number of hydrogen-bond acceptors (Lipinski definition) is 6. The van der Waals surface area contributed by atoms with Gasteiger partial charge in [-0.1, -0.05) is 10.7 Å². The topological polar surface area (TPSA) is 109 Å². The molecule has 64 valence electrons. The van der Waals surface area contributed by atoms with E-state index in [0.717, 1.165) is 5.06 Å². The average Bonchev–Trinajstić information content (AvgIpc) is 2.34. The molecule has 8 heteroatoms. The number of amides is 2. The highest BCUT2D eigenvalue weighted by Gasteiger charge is 2.27. The number of carbonyl (C=O) groups is 1. The van der Waals surface area contributed by atoms with Gasteiger partial charge in [0.15, 0.2) is 0 Å². The highest BCUT2D eigenvalue weighted by Crippen LogP contribution is 2.01. The summed E-state index contributed by atoms with van der Waals surface area (Å²) in [4.78, 5) is 19.3. The summed E-state index contributed by atoms with van der Waals surface area (Å²) in [7, 11) is 0. The summed E-state index contributed by atoms with van der Waals surface area (Å²) in [6.45, 7) is -0.433. The number of carbonyl (C=O) groups excluding carboxylic acids is 1. The predicted octanol–water partition coefficient (Wildman–Crippen LogP) is -2.43. The Kier molecular flexibility index (Phi) is 2.57. The van der Waals surface area contributed by atoms with Gasteiger partial charge in [0.25, 0.3) is 0 Å². The normalized spacial score (nSPS) is 25.4. The number of aliphatic hydroxyl groups is 1. The van der Waals surface area contributed by atoms with Gasteiger partial charge in [-0.3, -0.25) is 5.32 Å². The molecule has 0 aromatic carbocycles. The molecular weight excluding hydrogens is 156 g/mol.